The summed E-state index contributed by atoms with van der Waals surface area (Å²) in [5, 5.41) is 3.41. The molecule has 5 fully saturated rings. The van der Waals surface area contributed by atoms with Gasteiger partial charge in [0.25, 0.3) is 0 Å². The Morgan fingerprint density at radius 2 is 1.65 bits per heavy atom. The van der Waals surface area contributed by atoms with Crippen LogP contribution < -0.4 is 5.32 Å². The number of likely N-dealkylation sites (tertiary alicyclic amines) is 1. The minimum Gasteiger partial charge on any atom is -0.358 e. The molecule has 1 aliphatic heterocycles. The maximum absolute atomic E-state index is 12.8. The van der Waals surface area contributed by atoms with Gasteiger partial charge in [-0.05, 0) is 76.0 Å². The molecule has 5 heteroatoms. The molecule has 23 heavy (non-hydrogen) atoms. The van der Waals surface area contributed by atoms with Gasteiger partial charge in [-0.3, -0.25) is 4.79 Å². The third-order valence-electron chi connectivity index (χ3n) is 6.44. The van der Waals surface area contributed by atoms with Gasteiger partial charge >= 0.3 is 0 Å². The number of nitrogens with one attached hydrogen (secondary N) is 1. The van der Waals surface area contributed by atoms with Crippen molar-refractivity contribution in [1.29, 1.82) is 0 Å². The van der Waals surface area contributed by atoms with E-state index in [9.17, 15) is 4.79 Å². The molecule has 0 radical (unpaired) electrons. The van der Waals surface area contributed by atoms with Gasteiger partial charge < -0.3 is 10.2 Å². The number of rotatable bonds is 3. The number of hydrogen-bond donors (Lipinski definition) is 1. The zero-order valence-electron chi connectivity index (χ0n) is 14.1. The average Bonchev–Trinajstić information content (AvgIpc) is 2.99. The topological polar surface area (TPSA) is 32.3 Å². The molecule has 5 aliphatic rings. The molecule has 1 atom stereocenters. The Morgan fingerprint density at radius 3 is 2.17 bits per heavy atom. The predicted molar refractivity (Wildman–Crippen MR) is 99.5 cm³/mol. The molecule has 1 amide bonds. The number of thioether (sulfide) groups is 1. The fourth-order valence-corrected chi connectivity index (χ4v) is 7.22. The van der Waals surface area contributed by atoms with E-state index in [1.807, 2.05) is 6.92 Å². The van der Waals surface area contributed by atoms with Crippen molar-refractivity contribution in [1.82, 2.24) is 10.2 Å². The van der Waals surface area contributed by atoms with Gasteiger partial charge in [-0.15, -0.1) is 0 Å². The molecule has 0 aromatic heterocycles. The summed E-state index contributed by atoms with van der Waals surface area (Å²) in [6.07, 6.45) is 10.4. The first-order chi connectivity index (χ1) is 11.0. The predicted octanol–water partition coefficient (Wildman–Crippen LogP) is 3.57. The number of nitrogens with zero attached hydrogens (tertiary/aromatic N) is 1. The van der Waals surface area contributed by atoms with E-state index in [2.05, 4.69) is 10.2 Å². The summed E-state index contributed by atoms with van der Waals surface area (Å²) in [7, 11) is 0. The Kier molecular flexibility index (Phi) is 4.38. The Morgan fingerprint density at radius 1 is 1.13 bits per heavy atom. The lowest BCUT2D eigenvalue weighted by Crippen LogP contribution is -2.60. The Hall–Kier alpha value is -0.290. The maximum Gasteiger partial charge on any atom is 0.233 e. The molecule has 0 aromatic carbocycles. The van der Waals surface area contributed by atoms with E-state index in [1.165, 1.54) is 51.4 Å². The molecule has 1 saturated heterocycles. The summed E-state index contributed by atoms with van der Waals surface area (Å²) >= 11 is 7.11. The molecule has 1 heterocycles. The zero-order valence-corrected chi connectivity index (χ0v) is 15.7. The van der Waals surface area contributed by atoms with E-state index in [1.54, 1.807) is 11.8 Å². The van der Waals surface area contributed by atoms with Crippen molar-refractivity contribution >= 4 is 34.2 Å². The number of amides is 1. The molecular formula is C18H28N2OS2. The van der Waals surface area contributed by atoms with E-state index in [-0.39, 0.29) is 16.7 Å². The Labute approximate surface area is 149 Å². The summed E-state index contributed by atoms with van der Waals surface area (Å²) in [5.41, 5.74) is 0.121. The van der Waals surface area contributed by atoms with Crippen LogP contribution in [0.15, 0.2) is 0 Å². The first kappa shape index (κ1) is 16.2. The Balaban J connectivity index is 1.35. The van der Waals surface area contributed by atoms with Crippen LogP contribution in [-0.2, 0) is 4.79 Å². The minimum absolute atomic E-state index is 0.0731. The molecule has 5 rings (SSSR count). The van der Waals surface area contributed by atoms with E-state index < -0.39 is 0 Å². The van der Waals surface area contributed by atoms with Crippen LogP contribution in [0.4, 0.5) is 0 Å². The van der Waals surface area contributed by atoms with E-state index in [0.29, 0.717) is 0 Å². The Bertz CT molecular complexity index is 466. The van der Waals surface area contributed by atoms with Crippen LogP contribution in [0.1, 0.15) is 58.3 Å². The summed E-state index contributed by atoms with van der Waals surface area (Å²) in [6, 6.07) is 0. The quantitative estimate of drug-likeness (QED) is 0.787. The van der Waals surface area contributed by atoms with Gasteiger partial charge in [0.05, 0.1) is 5.25 Å². The molecular weight excluding hydrogens is 324 g/mol. The SMILES string of the molecule is CC(SC(=S)N1CCCC1)C(=O)NC12CC3CC(CC(C3)C1)C2. The molecule has 4 saturated carbocycles. The second kappa shape index (κ2) is 6.21. The number of carbonyl (C=O) groups is 1. The van der Waals surface area contributed by atoms with Crippen LogP contribution in [0, 0.1) is 17.8 Å². The lowest BCUT2D eigenvalue weighted by Gasteiger charge is -2.57. The van der Waals surface area contributed by atoms with Gasteiger partial charge in [0, 0.05) is 18.6 Å². The van der Waals surface area contributed by atoms with Crippen molar-refractivity contribution in [3.8, 4) is 0 Å². The fraction of sp³-hybridized carbons (Fsp3) is 0.889. The monoisotopic (exact) mass is 352 g/mol. The van der Waals surface area contributed by atoms with E-state index in [0.717, 1.165) is 35.2 Å². The van der Waals surface area contributed by atoms with Gasteiger partial charge in [-0.2, -0.15) is 0 Å². The number of thiocarbonyl (C=S) groups is 1. The molecule has 3 nitrogen and oxygen atoms in total. The van der Waals surface area contributed by atoms with Crippen LogP contribution in [0.25, 0.3) is 0 Å². The zero-order chi connectivity index (χ0) is 16.0. The largest absolute Gasteiger partial charge is 0.358 e. The van der Waals surface area contributed by atoms with Crippen molar-refractivity contribution in [2.75, 3.05) is 13.1 Å². The van der Waals surface area contributed by atoms with Crippen molar-refractivity contribution in [3.05, 3.63) is 0 Å². The highest BCUT2D eigenvalue weighted by Crippen LogP contribution is 2.55. The lowest BCUT2D eigenvalue weighted by molar-refractivity contribution is -0.126. The third-order valence-corrected chi connectivity index (χ3v) is 8.01. The van der Waals surface area contributed by atoms with Crippen molar-refractivity contribution in [2.24, 2.45) is 17.8 Å². The molecule has 4 bridgehead atoms. The number of hydrogen-bond acceptors (Lipinski definition) is 3. The standard InChI is InChI=1S/C18H28N2OS2/c1-12(23-17(22)20-4-2-3-5-20)16(21)19-18-9-13-6-14(10-18)8-15(7-13)11-18/h12-15H,2-11H2,1H3,(H,19,21). The van der Waals surface area contributed by atoms with E-state index >= 15 is 0 Å². The lowest BCUT2D eigenvalue weighted by atomic mass is 9.53. The summed E-state index contributed by atoms with van der Waals surface area (Å²) in [4.78, 5) is 15.0. The van der Waals surface area contributed by atoms with Crippen LogP contribution in [0.3, 0.4) is 0 Å². The van der Waals surface area contributed by atoms with Crippen LogP contribution in [-0.4, -0.2) is 39.0 Å². The number of carbonyl (C=O) groups excluding carboxylic acids is 1. The van der Waals surface area contributed by atoms with Crippen LogP contribution in [0.2, 0.25) is 0 Å². The fourth-order valence-electron chi connectivity index (χ4n) is 5.81. The van der Waals surface area contributed by atoms with Crippen molar-refractivity contribution in [3.63, 3.8) is 0 Å². The summed E-state index contributed by atoms with van der Waals surface area (Å²) in [5.74, 6) is 2.82. The van der Waals surface area contributed by atoms with Gasteiger partial charge in [-0.1, -0.05) is 24.0 Å². The molecule has 1 unspecified atom stereocenters. The van der Waals surface area contributed by atoms with Crippen molar-refractivity contribution in [2.45, 2.75) is 69.1 Å². The first-order valence-electron chi connectivity index (χ1n) is 9.31. The van der Waals surface area contributed by atoms with E-state index in [4.69, 9.17) is 12.2 Å². The highest BCUT2D eigenvalue weighted by molar-refractivity contribution is 8.23. The van der Waals surface area contributed by atoms with Gasteiger partial charge in [0.1, 0.15) is 4.32 Å². The summed E-state index contributed by atoms with van der Waals surface area (Å²) in [6.45, 7) is 4.15. The minimum atomic E-state index is -0.0731. The van der Waals surface area contributed by atoms with Gasteiger partial charge in [-0.25, -0.2) is 0 Å². The van der Waals surface area contributed by atoms with Crippen LogP contribution in [0.5, 0.6) is 0 Å². The first-order valence-corrected chi connectivity index (χ1v) is 10.6. The highest BCUT2D eigenvalue weighted by Gasteiger charge is 2.51. The average molecular weight is 353 g/mol. The smallest absolute Gasteiger partial charge is 0.233 e. The second-order valence-corrected chi connectivity index (χ2v) is 10.4. The van der Waals surface area contributed by atoms with Gasteiger partial charge in [0.15, 0.2) is 0 Å². The summed E-state index contributed by atoms with van der Waals surface area (Å²) < 4.78 is 0.913. The highest BCUT2D eigenvalue weighted by atomic mass is 32.2. The van der Waals surface area contributed by atoms with Crippen molar-refractivity contribution < 1.29 is 4.79 Å². The van der Waals surface area contributed by atoms with Crippen LogP contribution >= 0.6 is 24.0 Å². The molecule has 128 valence electrons. The molecule has 1 N–H and O–H groups in total. The maximum atomic E-state index is 12.8. The van der Waals surface area contributed by atoms with Gasteiger partial charge in [0.2, 0.25) is 5.91 Å². The molecule has 0 spiro atoms. The molecule has 0 aromatic rings. The third kappa shape index (κ3) is 3.28. The molecule has 4 aliphatic carbocycles. The second-order valence-electron chi connectivity index (χ2n) is 8.41. The normalized spacial score (nSPS) is 39.5.